The fraction of sp³-hybridized carbons (Fsp3) is 0.846. The summed E-state index contributed by atoms with van der Waals surface area (Å²) in [5, 5.41) is 9.51. The molecule has 1 N–H and O–H groups in total. The Morgan fingerprint density at radius 2 is 1.94 bits per heavy atom. The molecule has 0 aromatic heterocycles. The first kappa shape index (κ1) is 11.1. The minimum absolute atomic E-state index is 0.0383. The quantitative estimate of drug-likeness (QED) is 0.759. The number of carboxylic acids is 1. The molecule has 4 bridgehead atoms. The van der Waals surface area contributed by atoms with E-state index in [0.29, 0.717) is 31.3 Å². The molecule has 4 aliphatic rings. The first-order valence-electron chi connectivity index (χ1n) is 6.36. The molecule has 4 aliphatic carbocycles. The Bertz CT molecular complexity index is 348. The molecule has 0 aromatic rings. The van der Waals surface area contributed by atoms with Gasteiger partial charge < -0.3 is 9.84 Å². The summed E-state index contributed by atoms with van der Waals surface area (Å²) in [6.45, 7) is 0.907. The highest BCUT2D eigenvalue weighted by Gasteiger charge is 2.61. The van der Waals surface area contributed by atoms with Crippen LogP contribution in [-0.2, 0) is 14.3 Å². The summed E-state index contributed by atoms with van der Waals surface area (Å²) in [4.78, 5) is 21.9. The van der Waals surface area contributed by atoms with E-state index in [1.807, 2.05) is 0 Å². The van der Waals surface area contributed by atoms with Crippen LogP contribution >= 0.6 is 0 Å². The van der Waals surface area contributed by atoms with Crippen molar-refractivity contribution in [2.24, 2.45) is 22.7 Å². The highest BCUT2D eigenvalue weighted by molar-refractivity contribution is 5.75. The smallest absolute Gasteiger partial charge is 0.309 e. The van der Waals surface area contributed by atoms with Gasteiger partial charge in [-0.1, -0.05) is 0 Å². The highest BCUT2D eigenvalue weighted by Crippen LogP contribution is 2.65. The van der Waals surface area contributed by atoms with Crippen LogP contribution in [-0.4, -0.2) is 24.2 Å². The molecular weight excluding hydrogens is 220 g/mol. The lowest BCUT2D eigenvalue weighted by atomic mass is 9.44. The third-order valence-corrected chi connectivity index (χ3v) is 5.09. The monoisotopic (exact) mass is 238 g/mol. The molecule has 17 heavy (non-hydrogen) atoms. The van der Waals surface area contributed by atoms with Gasteiger partial charge in [-0.2, -0.15) is 0 Å². The van der Waals surface area contributed by atoms with E-state index < -0.39 is 11.4 Å². The average Bonchev–Trinajstić information content (AvgIpc) is 2.24. The van der Waals surface area contributed by atoms with Gasteiger partial charge in [-0.25, -0.2) is 0 Å². The van der Waals surface area contributed by atoms with Crippen molar-refractivity contribution in [1.82, 2.24) is 0 Å². The molecule has 0 amide bonds. The van der Waals surface area contributed by atoms with E-state index in [-0.39, 0.29) is 5.41 Å². The van der Waals surface area contributed by atoms with Gasteiger partial charge in [-0.15, -0.1) is 0 Å². The van der Waals surface area contributed by atoms with Gasteiger partial charge in [0.2, 0.25) is 0 Å². The van der Waals surface area contributed by atoms with Gasteiger partial charge in [0, 0.05) is 5.41 Å². The minimum atomic E-state index is -0.637. The van der Waals surface area contributed by atoms with Crippen molar-refractivity contribution < 1.29 is 19.4 Å². The number of hydrogen-bond donors (Lipinski definition) is 1. The summed E-state index contributed by atoms with van der Waals surface area (Å²) in [6, 6.07) is 0. The van der Waals surface area contributed by atoms with Gasteiger partial charge >= 0.3 is 5.97 Å². The van der Waals surface area contributed by atoms with E-state index >= 15 is 0 Å². The van der Waals surface area contributed by atoms with Crippen LogP contribution in [0.3, 0.4) is 0 Å². The number of rotatable bonds is 4. The van der Waals surface area contributed by atoms with Crippen LogP contribution in [0.4, 0.5) is 0 Å². The van der Waals surface area contributed by atoms with Crippen LogP contribution in [0.5, 0.6) is 0 Å². The zero-order chi connectivity index (χ0) is 12.1. The molecule has 0 heterocycles. The summed E-state index contributed by atoms with van der Waals surface area (Å²) in [5.41, 5.74) is -0.556. The maximum atomic E-state index is 11.6. The van der Waals surface area contributed by atoms with Crippen molar-refractivity contribution in [2.75, 3.05) is 6.61 Å². The van der Waals surface area contributed by atoms with Crippen molar-refractivity contribution in [3.63, 3.8) is 0 Å². The topological polar surface area (TPSA) is 63.6 Å². The third kappa shape index (κ3) is 1.57. The number of hydrogen-bond acceptors (Lipinski definition) is 3. The predicted octanol–water partition coefficient (Wildman–Crippen LogP) is 1.83. The SMILES string of the molecule is O=COCC12CC3CC(C1)CC(C(=O)O)(C3)C2. The molecule has 4 saturated carbocycles. The van der Waals surface area contributed by atoms with Crippen molar-refractivity contribution >= 4 is 12.4 Å². The fourth-order valence-corrected chi connectivity index (χ4v) is 5.08. The van der Waals surface area contributed by atoms with E-state index in [9.17, 15) is 14.7 Å². The minimum Gasteiger partial charge on any atom is -0.481 e. The Labute approximate surface area is 100 Å². The van der Waals surface area contributed by atoms with Crippen LogP contribution in [0, 0.1) is 22.7 Å². The predicted molar refractivity (Wildman–Crippen MR) is 59.2 cm³/mol. The van der Waals surface area contributed by atoms with E-state index in [1.165, 1.54) is 6.42 Å². The van der Waals surface area contributed by atoms with E-state index in [1.54, 1.807) is 0 Å². The van der Waals surface area contributed by atoms with Gasteiger partial charge in [0.1, 0.15) is 0 Å². The Morgan fingerprint density at radius 3 is 2.47 bits per heavy atom. The second-order valence-electron chi connectivity index (χ2n) is 6.45. The van der Waals surface area contributed by atoms with Gasteiger partial charge in [-0.3, -0.25) is 9.59 Å². The molecule has 0 radical (unpaired) electrons. The Balaban J connectivity index is 1.89. The highest BCUT2D eigenvalue weighted by atomic mass is 16.5. The Hall–Kier alpha value is -1.06. The van der Waals surface area contributed by atoms with Crippen molar-refractivity contribution in [1.29, 1.82) is 0 Å². The molecule has 4 rings (SSSR count). The van der Waals surface area contributed by atoms with Gasteiger partial charge in [-0.05, 0) is 50.4 Å². The summed E-state index contributed by atoms with van der Waals surface area (Å²) in [6.07, 6.45) is 5.65. The van der Waals surface area contributed by atoms with E-state index in [4.69, 9.17) is 4.74 Å². The number of carbonyl (C=O) groups is 2. The maximum absolute atomic E-state index is 11.6. The van der Waals surface area contributed by atoms with Crippen LogP contribution in [0.15, 0.2) is 0 Å². The molecule has 2 unspecified atom stereocenters. The van der Waals surface area contributed by atoms with Crippen LogP contribution in [0.25, 0.3) is 0 Å². The number of carbonyl (C=O) groups excluding carboxylic acids is 1. The second-order valence-corrected chi connectivity index (χ2v) is 6.45. The lowest BCUT2D eigenvalue weighted by Gasteiger charge is -2.60. The van der Waals surface area contributed by atoms with Crippen molar-refractivity contribution in [3.8, 4) is 0 Å². The largest absolute Gasteiger partial charge is 0.481 e. The number of aliphatic carboxylic acids is 1. The molecule has 4 fully saturated rings. The van der Waals surface area contributed by atoms with E-state index in [0.717, 1.165) is 25.7 Å². The van der Waals surface area contributed by atoms with Gasteiger partial charge in [0.15, 0.2) is 0 Å². The van der Waals surface area contributed by atoms with Gasteiger partial charge in [0.05, 0.1) is 12.0 Å². The number of ether oxygens (including phenoxy) is 1. The molecule has 4 heteroatoms. The van der Waals surface area contributed by atoms with E-state index in [2.05, 4.69) is 0 Å². The van der Waals surface area contributed by atoms with Crippen LogP contribution < -0.4 is 0 Å². The Kier molecular flexibility index (Phi) is 2.25. The summed E-state index contributed by atoms with van der Waals surface area (Å²) < 4.78 is 4.97. The normalized spacial score (nSPS) is 46.8. The molecule has 4 nitrogen and oxygen atoms in total. The summed E-state index contributed by atoms with van der Waals surface area (Å²) in [5.74, 6) is 0.423. The lowest BCUT2D eigenvalue weighted by molar-refractivity contribution is -0.181. The van der Waals surface area contributed by atoms with Crippen LogP contribution in [0.1, 0.15) is 38.5 Å². The zero-order valence-corrected chi connectivity index (χ0v) is 9.85. The summed E-state index contributed by atoms with van der Waals surface area (Å²) >= 11 is 0. The molecule has 0 spiro atoms. The van der Waals surface area contributed by atoms with Crippen LogP contribution in [0.2, 0.25) is 0 Å². The molecule has 94 valence electrons. The zero-order valence-electron chi connectivity index (χ0n) is 9.85. The Morgan fingerprint density at radius 1 is 1.29 bits per heavy atom. The van der Waals surface area contributed by atoms with Crippen molar-refractivity contribution in [2.45, 2.75) is 38.5 Å². The third-order valence-electron chi connectivity index (χ3n) is 5.09. The summed E-state index contributed by atoms with van der Waals surface area (Å²) in [7, 11) is 0. The second kappa shape index (κ2) is 3.47. The first-order chi connectivity index (χ1) is 8.07. The molecule has 2 atom stereocenters. The lowest BCUT2D eigenvalue weighted by Crippen LogP contribution is -2.56. The molecule has 0 aromatic carbocycles. The molecule has 0 saturated heterocycles. The fourth-order valence-electron chi connectivity index (χ4n) is 5.08. The molecular formula is C13H18O4. The molecule has 0 aliphatic heterocycles. The standard InChI is InChI=1S/C13H18O4/c14-8-17-7-12-2-9-1-10(3-12)5-13(4-9,6-12)11(15)16/h8-10H,1-7H2,(H,15,16). The maximum Gasteiger partial charge on any atom is 0.309 e. The van der Waals surface area contributed by atoms with Crippen molar-refractivity contribution in [3.05, 3.63) is 0 Å². The van der Waals surface area contributed by atoms with Gasteiger partial charge in [0.25, 0.3) is 6.47 Å². The first-order valence-corrected chi connectivity index (χ1v) is 6.36. The number of carboxylic acid groups (broad SMARTS) is 1. The average molecular weight is 238 g/mol.